The summed E-state index contributed by atoms with van der Waals surface area (Å²) in [6.07, 6.45) is 0. The van der Waals surface area contributed by atoms with E-state index >= 15 is 0 Å². The molecule has 0 saturated carbocycles. The minimum absolute atomic E-state index is 0.0252. The number of aryl methyl sites for hydroxylation is 2. The lowest BCUT2D eigenvalue weighted by molar-refractivity contribution is 0.576. The minimum atomic E-state index is -0.763. The first-order valence-electron chi connectivity index (χ1n) is 8.15. The number of rotatable bonds is 1. The van der Waals surface area contributed by atoms with Gasteiger partial charge in [-0.1, -0.05) is 6.07 Å². The predicted octanol–water partition coefficient (Wildman–Crippen LogP) is 6.27. The molecule has 0 atom stereocenters. The molecule has 0 fully saturated rings. The van der Waals surface area contributed by atoms with E-state index in [9.17, 15) is 17.6 Å². The monoisotopic (exact) mass is 357 g/mol. The average Bonchev–Trinajstić information content (AvgIpc) is 2.87. The number of hydrogen-bond acceptors (Lipinski definition) is 0. The molecule has 0 amide bonds. The van der Waals surface area contributed by atoms with Crippen molar-refractivity contribution in [3.05, 3.63) is 76.4 Å². The molecule has 0 aliphatic rings. The highest BCUT2D eigenvalue weighted by Gasteiger charge is 2.23. The first kappa shape index (κ1) is 16.6. The van der Waals surface area contributed by atoms with Crippen molar-refractivity contribution in [1.82, 2.24) is 4.57 Å². The fourth-order valence-corrected chi connectivity index (χ4v) is 3.45. The highest BCUT2D eigenvalue weighted by molar-refractivity contribution is 6.10. The van der Waals surface area contributed by atoms with Gasteiger partial charge in [-0.2, -0.15) is 0 Å². The maximum absolute atomic E-state index is 14.9. The molecule has 0 bridgehead atoms. The number of halogens is 4. The molecule has 0 aliphatic heterocycles. The number of benzene rings is 3. The van der Waals surface area contributed by atoms with Crippen LogP contribution < -0.4 is 0 Å². The van der Waals surface area contributed by atoms with Crippen molar-refractivity contribution in [2.45, 2.75) is 20.8 Å². The summed E-state index contributed by atoms with van der Waals surface area (Å²) < 4.78 is 59.8. The Balaban J connectivity index is 2.31. The molecular weight excluding hydrogens is 342 g/mol. The van der Waals surface area contributed by atoms with E-state index in [1.807, 2.05) is 0 Å². The maximum Gasteiger partial charge on any atom is 0.148 e. The summed E-state index contributed by atoms with van der Waals surface area (Å²) in [6, 6.07) is 8.51. The molecule has 0 unspecified atom stereocenters. The van der Waals surface area contributed by atoms with Gasteiger partial charge in [-0.15, -0.1) is 0 Å². The van der Waals surface area contributed by atoms with Crippen LogP contribution in [0.2, 0.25) is 0 Å². The van der Waals surface area contributed by atoms with E-state index in [-0.39, 0.29) is 33.1 Å². The van der Waals surface area contributed by atoms with Gasteiger partial charge in [0.2, 0.25) is 0 Å². The highest BCUT2D eigenvalue weighted by atomic mass is 19.1. The highest BCUT2D eigenvalue weighted by Crippen LogP contribution is 2.38. The Hall–Kier alpha value is -2.82. The fraction of sp³-hybridized carbons (Fsp3) is 0.143. The number of aromatic nitrogens is 1. The summed E-state index contributed by atoms with van der Waals surface area (Å²) in [5.41, 5.74) is 1.30. The summed E-state index contributed by atoms with van der Waals surface area (Å²) >= 11 is 0. The van der Waals surface area contributed by atoms with Gasteiger partial charge in [0, 0.05) is 16.3 Å². The summed E-state index contributed by atoms with van der Waals surface area (Å²) in [5, 5.41) is 0.375. The van der Waals surface area contributed by atoms with Crippen molar-refractivity contribution in [3.63, 3.8) is 0 Å². The average molecular weight is 357 g/mol. The van der Waals surface area contributed by atoms with E-state index in [0.29, 0.717) is 11.1 Å². The van der Waals surface area contributed by atoms with Crippen LogP contribution in [0.25, 0.3) is 27.5 Å². The van der Waals surface area contributed by atoms with Crippen molar-refractivity contribution in [2.24, 2.45) is 0 Å². The molecule has 132 valence electrons. The predicted molar refractivity (Wildman–Crippen MR) is 94.8 cm³/mol. The standard InChI is InChI=1S/C21H15F4N/c1-10-4-5-17(15(23)7-10)26-18-9-14(22)12(3)20(25)19(18)13-6-11(2)8-16(24)21(13)26/h4-9H,1-3H3. The third-order valence-electron chi connectivity index (χ3n) is 4.71. The Morgan fingerprint density at radius 1 is 0.731 bits per heavy atom. The normalized spacial score (nSPS) is 11.7. The third kappa shape index (κ3) is 2.23. The van der Waals surface area contributed by atoms with E-state index in [1.54, 1.807) is 26.0 Å². The van der Waals surface area contributed by atoms with Gasteiger partial charge in [0.25, 0.3) is 0 Å². The van der Waals surface area contributed by atoms with Crippen LogP contribution in [-0.2, 0) is 0 Å². The largest absolute Gasteiger partial charge is 0.303 e. The summed E-state index contributed by atoms with van der Waals surface area (Å²) in [4.78, 5) is 0. The van der Waals surface area contributed by atoms with Crippen LogP contribution in [0.4, 0.5) is 17.6 Å². The fourth-order valence-electron chi connectivity index (χ4n) is 3.45. The Kier molecular flexibility index (Phi) is 3.58. The van der Waals surface area contributed by atoms with Crippen LogP contribution >= 0.6 is 0 Å². The minimum Gasteiger partial charge on any atom is -0.303 e. The first-order chi connectivity index (χ1) is 12.3. The van der Waals surface area contributed by atoms with Crippen molar-refractivity contribution < 1.29 is 17.6 Å². The second-order valence-corrected chi connectivity index (χ2v) is 6.62. The topological polar surface area (TPSA) is 4.93 Å². The molecule has 1 nitrogen and oxygen atoms in total. The molecule has 5 heteroatoms. The van der Waals surface area contributed by atoms with E-state index in [2.05, 4.69) is 0 Å². The molecule has 4 aromatic rings. The summed E-state index contributed by atoms with van der Waals surface area (Å²) in [5.74, 6) is -2.73. The van der Waals surface area contributed by atoms with Gasteiger partial charge in [0.1, 0.15) is 23.3 Å². The summed E-state index contributed by atoms with van der Waals surface area (Å²) in [6.45, 7) is 4.74. The van der Waals surface area contributed by atoms with Crippen molar-refractivity contribution >= 4 is 21.8 Å². The molecule has 0 radical (unpaired) electrons. The smallest absolute Gasteiger partial charge is 0.148 e. The lowest BCUT2D eigenvalue weighted by Crippen LogP contribution is -2.00. The van der Waals surface area contributed by atoms with Gasteiger partial charge < -0.3 is 4.57 Å². The lowest BCUT2D eigenvalue weighted by atomic mass is 10.1. The molecule has 3 aromatic carbocycles. The van der Waals surface area contributed by atoms with Crippen LogP contribution in [-0.4, -0.2) is 4.57 Å². The zero-order chi connectivity index (χ0) is 18.7. The molecule has 26 heavy (non-hydrogen) atoms. The van der Waals surface area contributed by atoms with Gasteiger partial charge in [0.05, 0.1) is 16.7 Å². The van der Waals surface area contributed by atoms with Gasteiger partial charge >= 0.3 is 0 Å². The van der Waals surface area contributed by atoms with E-state index in [0.717, 1.165) is 6.07 Å². The molecule has 1 aromatic heterocycles. The molecule has 0 N–H and O–H groups in total. The van der Waals surface area contributed by atoms with Crippen LogP contribution in [0.5, 0.6) is 0 Å². The molecule has 4 rings (SSSR count). The molecule has 0 spiro atoms. The van der Waals surface area contributed by atoms with Crippen LogP contribution in [0.1, 0.15) is 16.7 Å². The van der Waals surface area contributed by atoms with Crippen molar-refractivity contribution in [2.75, 3.05) is 0 Å². The van der Waals surface area contributed by atoms with E-state index < -0.39 is 23.3 Å². The SMILES string of the molecule is Cc1ccc(-n2c3cc(F)c(C)c(F)c3c3cc(C)cc(F)c32)c(F)c1. The molecular formula is C21H15F4N. The van der Waals surface area contributed by atoms with E-state index in [4.69, 9.17) is 0 Å². The Bertz CT molecular complexity index is 1200. The van der Waals surface area contributed by atoms with Crippen LogP contribution in [0, 0.1) is 44.0 Å². The first-order valence-corrected chi connectivity index (χ1v) is 8.15. The van der Waals surface area contributed by atoms with Crippen LogP contribution in [0.3, 0.4) is 0 Å². The lowest BCUT2D eigenvalue weighted by Gasteiger charge is -2.11. The van der Waals surface area contributed by atoms with Crippen molar-refractivity contribution in [1.29, 1.82) is 0 Å². The number of hydrogen-bond donors (Lipinski definition) is 0. The number of nitrogens with zero attached hydrogens (tertiary/aromatic N) is 1. The zero-order valence-corrected chi connectivity index (χ0v) is 14.4. The van der Waals surface area contributed by atoms with Crippen molar-refractivity contribution in [3.8, 4) is 5.69 Å². The second kappa shape index (κ2) is 5.59. The third-order valence-corrected chi connectivity index (χ3v) is 4.71. The quantitative estimate of drug-likeness (QED) is 0.354. The Morgan fingerprint density at radius 3 is 2.12 bits per heavy atom. The maximum atomic E-state index is 14.9. The Labute approximate surface area is 147 Å². The van der Waals surface area contributed by atoms with Gasteiger partial charge in [-0.3, -0.25) is 0 Å². The van der Waals surface area contributed by atoms with Gasteiger partial charge in [-0.05, 0) is 62.2 Å². The molecule has 1 heterocycles. The number of fused-ring (bicyclic) bond motifs is 3. The van der Waals surface area contributed by atoms with Gasteiger partial charge in [0.15, 0.2) is 0 Å². The van der Waals surface area contributed by atoms with Crippen LogP contribution in [0.15, 0.2) is 36.4 Å². The van der Waals surface area contributed by atoms with Gasteiger partial charge in [-0.25, -0.2) is 17.6 Å². The molecule has 0 aliphatic carbocycles. The Morgan fingerprint density at radius 2 is 1.42 bits per heavy atom. The zero-order valence-electron chi connectivity index (χ0n) is 14.4. The molecule has 0 saturated heterocycles. The van der Waals surface area contributed by atoms with E-state index in [1.165, 1.54) is 29.7 Å². The second-order valence-electron chi connectivity index (χ2n) is 6.62. The summed E-state index contributed by atoms with van der Waals surface area (Å²) in [7, 11) is 0.